The van der Waals surface area contributed by atoms with Crippen molar-refractivity contribution in [1.82, 2.24) is 23.7 Å². The smallest absolute Gasteiger partial charge is 0.328 e. The molecule has 0 unspecified atom stereocenters. The highest BCUT2D eigenvalue weighted by molar-refractivity contribution is 6.30. The zero-order valence-electron chi connectivity index (χ0n) is 16.9. The summed E-state index contributed by atoms with van der Waals surface area (Å²) < 4.78 is 3.71. The van der Waals surface area contributed by atoms with Gasteiger partial charge in [0, 0.05) is 31.0 Å². The minimum Gasteiger partial charge on any atom is -0.328 e. The van der Waals surface area contributed by atoms with E-state index in [0.29, 0.717) is 16.4 Å². The second kappa shape index (κ2) is 8.19. The Labute approximate surface area is 181 Å². The van der Waals surface area contributed by atoms with Crippen LogP contribution in [0.2, 0.25) is 5.02 Å². The van der Waals surface area contributed by atoms with Crippen LogP contribution in [0.3, 0.4) is 0 Å². The minimum atomic E-state index is -0.613. The number of aromatic nitrogens is 5. The van der Waals surface area contributed by atoms with Crippen LogP contribution in [-0.4, -0.2) is 29.6 Å². The molecule has 0 radical (unpaired) electrons. The highest BCUT2D eigenvalue weighted by Crippen LogP contribution is 2.20. The number of carbonyl (C=O) groups is 1. The van der Waals surface area contributed by atoms with Crippen LogP contribution in [-0.2, 0) is 32.0 Å². The molecule has 0 saturated carbocycles. The molecule has 9 nitrogen and oxygen atoms in total. The zero-order valence-corrected chi connectivity index (χ0v) is 17.7. The molecule has 0 spiro atoms. The molecule has 158 valence electrons. The van der Waals surface area contributed by atoms with Gasteiger partial charge in [0.15, 0.2) is 11.2 Å². The largest absolute Gasteiger partial charge is 0.332 e. The standard InChI is InChI=1S/C21H19ClN6O3/c1-25-13-24-19-18(25)20(30)28(21(31)26(19)2)12-17(29)27(11-15-5-3-4-10-23-15)16-8-6-14(22)7-9-16/h3-10,13H,11-12H2,1-2H3. The van der Waals surface area contributed by atoms with Gasteiger partial charge in [-0.2, -0.15) is 0 Å². The summed E-state index contributed by atoms with van der Waals surface area (Å²) in [4.78, 5) is 48.9. The molecule has 4 rings (SSSR count). The van der Waals surface area contributed by atoms with Gasteiger partial charge in [-0.25, -0.2) is 14.3 Å². The van der Waals surface area contributed by atoms with Crippen molar-refractivity contribution < 1.29 is 4.79 Å². The van der Waals surface area contributed by atoms with E-state index in [9.17, 15) is 14.4 Å². The van der Waals surface area contributed by atoms with Crippen LogP contribution >= 0.6 is 11.6 Å². The number of pyridine rings is 1. The van der Waals surface area contributed by atoms with E-state index in [1.165, 1.54) is 27.4 Å². The number of hydrogen-bond donors (Lipinski definition) is 0. The fourth-order valence-electron chi connectivity index (χ4n) is 3.35. The van der Waals surface area contributed by atoms with Crippen LogP contribution in [0.1, 0.15) is 5.69 Å². The maximum atomic E-state index is 13.3. The molecular weight excluding hydrogens is 420 g/mol. The van der Waals surface area contributed by atoms with E-state index in [1.807, 2.05) is 6.07 Å². The van der Waals surface area contributed by atoms with Crippen molar-refractivity contribution in [3.05, 3.63) is 86.5 Å². The molecule has 3 heterocycles. The van der Waals surface area contributed by atoms with Gasteiger partial charge in [-0.15, -0.1) is 0 Å². The fourth-order valence-corrected chi connectivity index (χ4v) is 3.48. The maximum Gasteiger partial charge on any atom is 0.332 e. The summed E-state index contributed by atoms with van der Waals surface area (Å²) in [5.74, 6) is -0.436. The van der Waals surface area contributed by atoms with E-state index in [2.05, 4.69) is 9.97 Å². The van der Waals surface area contributed by atoms with Crippen molar-refractivity contribution in [2.24, 2.45) is 14.1 Å². The predicted molar refractivity (Wildman–Crippen MR) is 117 cm³/mol. The molecule has 0 aliphatic rings. The van der Waals surface area contributed by atoms with Crippen molar-refractivity contribution in [3.63, 3.8) is 0 Å². The summed E-state index contributed by atoms with van der Waals surface area (Å²) in [7, 11) is 3.18. The number of rotatable bonds is 5. The van der Waals surface area contributed by atoms with E-state index in [0.717, 1.165) is 4.57 Å². The molecule has 31 heavy (non-hydrogen) atoms. The highest BCUT2D eigenvalue weighted by Gasteiger charge is 2.22. The molecule has 1 aromatic carbocycles. The summed E-state index contributed by atoms with van der Waals surface area (Å²) in [6.45, 7) is -0.258. The summed E-state index contributed by atoms with van der Waals surface area (Å²) in [5, 5.41) is 0.528. The monoisotopic (exact) mass is 438 g/mol. The highest BCUT2D eigenvalue weighted by atomic mass is 35.5. The van der Waals surface area contributed by atoms with E-state index < -0.39 is 23.7 Å². The first-order valence-electron chi connectivity index (χ1n) is 9.43. The molecule has 0 aliphatic heterocycles. The van der Waals surface area contributed by atoms with E-state index in [1.54, 1.807) is 49.6 Å². The Morgan fingerprint density at radius 3 is 2.48 bits per heavy atom. The average molecular weight is 439 g/mol. The number of benzene rings is 1. The molecule has 0 N–H and O–H groups in total. The Balaban J connectivity index is 1.76. The van der Waals surface area contributed by atoms with Crippen LogP contribution in [0.5, 0.6) is 0 Å². The Hall–Kier alpha value is -3.72. The van der Waals surface area contributed by atoms with Gasteiger partial charge in [0.25, 0.3) is 5.56 Å². The van der Waals surface area contributed by atoms with Gasteiger partial charge in [0.1, 0.15) is 6.54 Å². The second-order valence-corrected chi connectivity index (χ2v) is 7.47. The average Bonchev–Trinajstić information content (AvgIpc) is 3.16. The third-order valence-electron chi connectivity index (χ3n) is 4.98. The molecule has 10 heteroatoms. The van der Waals surface area contributed by atoms with Crippen LogP contribution in [0.4, 0.5) is 5.69 Å². The van der Waals surface area contributed by atoms with Gasteiger partial charge in [0.05, 0.1) is 18.6 Å². The predicted octanol–water partition coefficient (Wildman–Crippen LogP) is 1.72. The number of anilines is 1. The van der Waals surface area contributed by atoms with Gasteiger partial charge in [-0.1, -0.05) is 17.7 Å². The number of hydrogen-bond acceptors (Lipinski definition) is 5. The van der Waals surface area contributed by atoms with Crippen molar-refractivity contribution in [3.8, 4) is 0 Å². The normalized spacial score (nSPS) is 11.1. The quantitative estimate of drug-likeness (QED) is 0.472. The number of amides is 1. The SMILES string of the molecule is Cn1cnc2c1c(=O)n(CC(=O)N(Cc1ccccn1)c1ccc(Cl)cc1)c(=O)n2C. The first kappa shape index (κ1) is 20.5. The van der Waals surface area contributed by atoms with Gasteiger partial charge in [-0.05, 0) is 36.4 Å². The molecule has 0 bridgehead atoms. The second-order valence-electron chi connectivity index (χ2n) is 7.04. The van der Waals surface area contributed by atoms with Crippen LogP contribution in [0.25, 0.3) is 11.2 Å². The topological polar surface area (TPSA) is 95.0 Å². The van der Waals surface area contributed by atoms with Crippen LogP contribution in [0.15, 0.2) is 64.6 Å². The summed E-state index contributed by atoms with van der Waals surface area (Å²) in [6.07, 6.45) is 3.09. The summed E-state index contributed by atoms with van der Waals surface area (Å²) in [5.41, 5.74) is 0.570. The molecule has 3 aromatic heterocycles. The zero-order chi connectivity index (χ0) is 22.1. The van der Waals surface area contributed by atoms with Gasteiger partial charge >= 0.3 is 5.69 Å². The first-order valence-corrected chi connectivity index (χ1v) is 9.81. The van der Waals surface area contributed by atoms with Crippen LogP contribution < -0.4 is 16.1 Å². The first-order chi connectivity index (χ1) is 14.9. The molecule has 0 fully saturated rings. The molecule has 0 aliphatic carbocycles. The lowest BCUT2D eigenvalue weighted by atomic mass is 10.2. The number of nitrogens with zero attached hydrogens (tertiary/aromatic N) is 6. The van der Waals surface area contributed by atoms with Gasteiger partial charge < -0.3 is 9.47 Å². The lowest BCUT2D eigenvalue weighted by molar-refractivity contribution is -0.119. The number of aryl methyl sites for hydroxylation is 2. The number of carbonyl (C=O) groups excluding carboxylic acids is 1. The third kappa shape index (κ3) is 3.87. The van der Waals surface area contributed by atoms with E-state index in [-0.39, 0.29) is 17.7 Å². The molecule has 0 saturated heterocycles. The van der Waals surface area contributed by atoms with Crippen molar-refractivity contribution >= 4 is 34.4 Å². The number of fused-ring (bicyclic) bond motifs is 1. The fraction of sp³-hybridized carbons (Fsp3) is 0.190. The number of imidazole rings is 1. The minimum absolute atomic E-state index is 0.171. The van der Waals surface area contributed by atoms with Crippen LogP contribution in [0, 0.1) is 0 Å². The number of halogens is 1. The van der Waals surface area contributed by atoms with Crippen molar-refractivity contribution in [2.45, 2.75) is 13.1 Å². The molecule has 4 aromatic rings. The Morgan fingerprint density at radius 2 is 1.81 bits per heavy atom. The summed E-state index contributed by atoms with van der Waals surface area (Å²) in [6, 6.07) is 12.1. The maximum absolute atomic E-state index is 13.3. The van der Waals surface area contributed by atoms with Crippen molar-refractivity contribution in [2.75, 3.05) is 4.90 Å². The Kier molecular flexibility index (Phi) is 5.43. The van der Waals surface area contributed by atoms with E-state index in [4.69, 9.17) is 11.6 Å². The Morgan fingerprint density at radius 1 is 1.06 bits per heavy atom. The molecule has 1 amide bonds. The van der Waals surface area contributed by atoms with E-state index >= 15 is 0 Å². The Bertz CT molecular complexity index is 1370. The lowest BCUT2D eigenvalue weighted by Gasteiger charge is -2.23. The van der Waals surface area contributed by atoms with Crippen molar-refractivity contribution in [1.29, 1.82) is 0 Å². The van der Waals surface area contributed by atoms with Gasteiger partial charge in [0.2, 0.25) is 5.91 Å². The lowest BCUT2D eigenvalue weighted by Crippen LogP contribution is -2.44. The molecule has 0 atom stereocenters. The molecular formula is C21H19ClN6O3. The summed E-state index contributed by atoms with van der Waals surface area (Å²) >= 11 is 5.99. The van der Waals surface area contributed by atoms with Gasteiger partial charge in [-0.3, -0.25) is 19.1 Å². The third-order valence-corrected chi connectivity index (χ3v) is 5.23.